The molecular weight excluding hydrogens is 328 g/mol. The molecule has 0 saturated carbocycles. The third-order valence-electron chi connectivity index (χ3n) is 4.72. The summed E-state index contributed by atoms with van der Waals surface area (Å²) in [6.45, 7) is 0.796. The summed E-state index contributed by atoms with van der Waals surface area (Å²) in [4.78, 5) is 23.1. The quantitative estimate of drug-likeness (QED) is 0.716. The van der Waals surface area contributed by atoms with Gasteiger partial charge >= 0.3 is 6.09 Å². The van der Waals surface area contributed by atoms with Crippen molar-refractivity contribution in [3.8, 4) is 11.1 Å². The molecule has 0 fully saturated rings. The molecule has 3 rings (SSSR count). The van der Waals surface area contributed by atoms with Crippen molar-refractivity contribution in [2.75, 3.05) is 13.2 Å². The number of carbonyl (C=O) groups is 1. The van der Waals surface area contributed by atoms with Gasteiger partial charge in [0.05, 0.1) is 6.04 Å². The highest BCUT2D eigenvalue weighted by Crippen LogP contribution is 2.44. The number of alkyl carbamates (subject to hydrolysis) is 1. The van der Waals surface area contributed by atoms with E-state index in [1.54, 1.807) is 0 Å². The predicted molar refractivity (Wildman–Crippen MR) is 101 cm³/mol. The number of benzene rings is 2. The maximum absolute atomic E-state index is 12.1. The summed E-state index contributed by atoms with van der Waals surface area (Å²) in [5.74, 6) is 0.00375. The number of nitrogens with two attached hydrogens (primary N) is 1. The molecular formula is C21H23N2O3. The van der Waals surface area contributed by atoms with Crippen molar-refractivity contribution in [1.29, 1.82) is 0 Å². The third kappa shape index (κ3) is 3.94. The van der Waals surface area contributed by atoms with E-state index in [-0.39, 0.29) is 12.5 Å². The van der Waals surface area contributed by atoms with Crippen molar-refractivity contribution >= 4 is 12.4 Å². The molecule has 5 heteroatoms. The van der Waals surface area contributed by atoms with Gasteiger partial charge in [-0.15, -0.1) is 0 Å². The first-order valence-electron chi connectivity index (χ1n) is 8.94. The van der Waals surface area contributed by atoms with Gasteiger partial charge in [-0.25, -0.2) is 4.79 Å². The molecule has 26 heavy (non-hydrogen) atoms. The lowest BCUT2D eigenvalue weighted by Gasteiger charge is -2.16. The predicted octanol–water partition coefficient (Wildman–Crippen LogP) is 3.13. The van der Waals surface area contributed by atoms with Gasteiger partial charge in [0.15, 0.2) is 0 Å². The van der Waals surface area contributed by atoms with E-state index in [1.165, 1.54) is 11.1 Å². The second kappa shape index (κ2) is 8.63. The summed E-state index contributed by atoms with van der Waals surface area (Å²) in [6, 6.07) is 15.7. The molecule has 0 heterocycles. The fraction of sp³-hybridized carbons (Fsp3) is 0.333. The summed E-state index contributed by atoms with van der Waals surface area (Å²) in [6.07, 6.45) is 3.35. The third-order valence-corrected chi connectivity index (χ3v) is 4.72. The van der Waals surface area contributed by atoms with Crippen molar-refractivity contribution in [2.45, 2.75) is 31.2 Å². The van der Waals surface area contributed by atoms with Gasteiger partial charge in [-0.2, -0.15) is 0 Å². The first kappa shape index (κ1) is 18.1. The van der Waals surface area contributed by atoms with Crippen LogP contribution >= 0.6 is 0 Å². The highest BCUT2D eigenvalue weighted by Gasteiger charge is 2.29. The van der Waals surface area contributed by atoms with Crippen molar-refractivity contribution in [1.82, 2.24) is 5.32 Å². The standard InChI is InChI=1S/C21H23N2O3/c22-12-6-5-7-15(13-24)23-21(25)26-14-20-18-10-3-1-8-16(18)17-9-2-4-11-19(17)20/h1-4,8-11,15,20H,5-7,12,14,22H2,(H,23,25)/t15-/m0/s1. The van der Waals surface area contributed by atoms with Gasteiger partial charge in [0, 0.05) is 5.92 Å². The molecule has 1 amide bonds. The Labute approximate surface area is 153 Å². The average Bonchev–Trinajstić information content (AvgIpc) is 2.99. The van der Waals surface area contributed by atoms with Crippen LogP contribution in [0.2, 0.25) is 0 Å². The molecule has 0 saturated heterocycles. The highest BCUT2D eigenvalue weighted by atomic mass is 16.5. The van der Waals surface area contributed by atoms with E-state index >= 15 is 0 Å². The van der Waals surface area contributed by atoms with Crippen molar-refractivity contribution in [3.63, 3.8) is 0 Å². The molecule has 0 spiro atoms. The van der Waals surface area contributed by atoms with Gasteiger partial charge in [-0.3, -0.25) is 4.79 Å². The second-order valence-electron chi connectivity index (χ2n) is 6.42. The SMILES string of the molecule is NCCCC[C@@H]([C]=O)NC(=O)OCC1c2ccccc2-c2ccccc21. The van der Waals surface area contributed by atoms with Crippen LogP contribution in [0.5, 0.6) is 0 Å². The Morgan fingerprint density at radius 2 is 1.69 bits per heavy atom. The normalized spacial score (nSPS) is 13.6. The Bertz CT molecular complexity index is 730. The molecule has 1 aliphatic rings. The fourth-order valence-electron chi connectivity index (χ4n) is 3.44. The van der Waals surface area contributed by atoms with E-state index in [0.29, 0.717) is 13.0 Å². The largest absolute Gasteiger partial charge is 0.449 e. The van der Waals surface area contributed by atoms with E-state index in [0.717, 1.165) is 24.0 Å². The van der Waals surface area contributed by atoms with Crippen molar-refractivity contribution in [2.24, 2.45) is 5.73 Å². The molecule has 1 atom stereocenters. The topological polar surface area (TPSA) is 81.4 Å². The van der Waals surface area contributed by atoms with Crippen LogP contribution in [0.15, 0.2) is 48.5 Å². The lowest BCUT2D eigenvalue weighted by atomic mass is 9.98. The maximum Gasteiger partial charge on any atom is 0.407 e. The molecule has 5 nitrogen and oxygen atoms in total. The van der Waals surface area contributed by atoms with Crippen LogP contribution in [0.4, 0.5) is 4.79 Å². The first-order chi connectivity index (χ1) is 12.7. The van der Waals surface area contributed by atoms with E-state index < -0.39 is 12.1 Å². The van der Waals surface area contributed by atoms with Gasteiger partial charge in [0.25, 0.3) is 0 Å². The average molecular weight is 351 g/mol. The Morgan fingerprint density at radius 1 is 1.08 bits per heavy atom. The highest BCUT2D eigenvalue weighted by molar-refractivity contribution is 5.79. The summed E-state index contributed by atoms with van der Waals surface area (Å²) in [5.41, 5.74) is 10.1. The summed E-state index contributed by atoms with van der Waals surface area (Å²) in [7, 11) is 0. The monoisotopic (exact) mass is 351 g/mol. The van der Waals surface area contributed by atoms with Gasteiger partial charge in [-0.05, 0) is 48.1 Å². The minimum Gasteiger partial charge on any atom is -0.449 e. The van der Waals surface area contributed by atoms with Gasteiger partial charge in [-0.1, -0.05) is 48.5 Å². The van der Waals surface area contributed by atoms with Crippen LogP contribution in [-0.4, -0.2) is 31.6 Å². The summed E-state index contributed by atoms with van der Waals surface area (Å²) < 4.78 is 5.42. The lowest BCUT2D eigenvalue weighted by molar-refractivity contribution is 0.141. The van der Waals surface area contributed by atoms with Crippen LogP contribution in [0.1, 0.15) is 36.3 Å². The molecule has 0 aromatic heterocycles. The number of amides is 1. The number of hydrogen-bond acceptors (Lipinski definition) is 4. The van der Waals surface area contributed by atoms with Crippen molar-refractivity contribution in [3.05, 3.63) is 59.7 Å². The van der Waals surface area contributed by atoms with Gasteiger partial charge < -0.3 is 15.8 Å². The van der Waals surface area contributed by atoms with Crippen LogP contribution in [-0.2, 0) is 9.53 Å². The number of carbonyl (C=O) groups excluding carboxylic acids is 2. The van der Waals surface area contributed by atoms with Crippen molar-refractivity contribution < 1.29 is 14.3 Å². The molecule has 1 aliphatic carbocycles. The number of nitrogens with one attached hydrogen (secondary N) is 1. The smallest absolute Gasteiger partial charge is 0.407 e. The molecule has 135 valence electrons. The number of hydrogen-bond donors (Lipinski definition) is 2. The van der Waals surface area contributed by atoms with E-state index in [1.807, 2.05) is 30.6 Å². The zero-order chi connectivity index (χ0) is 18.4. The minimum absolute atomic E-state index is 0.00375. The lowest BCUT2D eigenvalue weighted by Crippen LogP contribution is -2.37. The van der Waals surface area contributed by atoms with Crippen LogP contribution in [0.25, 0.3) is 11.1 Å². The van der Waals surface area contributed by atoms with Gasteiger partial charge in [0.1, 0.15) is 6.61 Å². The van der Waals surface area contributed by atoms with Crippen LogP contribution in [0.3, 0.4) is 0 Å². The zero-order valence-corrected chi connectivity index (χ0v) is 14.6. The number of fused-ring (bicyclic) bond motifs is 3. The maximum atomic E-state index is 12.1. The minimum atomic E-state index is -0.655. The Kier molecular flexibility index (Phi) is 6.02. The molecule has 2 aromatic carbocycles. The van der Waals surface area contributed by atoms with E-state index in [4.69, 9.17) is 10.5 Å². The zero-order valence-electron chi connectivity index (χ0n) is 14.6. The van der Waals surface area contributed by atoms with Gasteiger partial charge in [0.2, 0.25) is 6.29 Å². The molecule has 1 radical (unpaired) electrons. The van der Waals surface area contributed by atoms with Crippen LogP contribution < -0.4 is 11.1 Å². The Hall–Kier alpha value is -2.66. The molecule has 2 aromatic rings. The Balaban J connectivity index is 1.62. The first-order valence-corrected chi connectivity index (χ1v) is 8.94. The Morgan fingerprint density at radius 3 is 2.27 bits per heavy atom. The second-order valence-corrected chi connectivity index (χ2v) is 6.42. The van der Waals surface area contributed by atoms with E-state index in [2.05, 4.69) is 29.6 Å². The molecule has 0 unspecified atom stereocenters. The summed E-state index contributed by atoms with van der Waals surface area (Å²) in [5, 5.41) is 2.57. The number of rotatable bonds is 8. The molecule has 3 N–H and O–H groups in total. The number of ether oxygens (including phenoxy) is 1. The van der Waals surface area contributed by atoms with E-state index in [9.17, 15) is 9.59 Å². The van der Waals surface area contributed by atoms with Crippen LogP contribution in [0, 0.1) is 0 Å². The number of unbranched alkanes of at least 4 members (excludes halogenated alkanes) is 1. The molecule has 0 aliphatic heterocycles. The molecule has 0 bridgehead atoms. The summed E-state index contributed by atoms with van der Waals surface area (Å²) >= 11 is 0. The fourth-order valence-corrected chi connectivity index (χ4v) is 3.44.